The summed E-state index contributed by atoms with van der Waals surface area (Å²) in [6.45, 7) is -0.0816. The zero-order chi connectivity index (χ0) is 17.4. The standard InChI is InChI=1S/C12H14N4O8/c17-9-6(23-12(20)11(19)10(9)18)3-13-4-1-2-5(16(21)22)8-7(4)14-24-15-8/h1-2,6,9-13,17-20H,3H2/t6-,9-,10+,11+,12-/m0/s1. The van der Waals surface area contributed by atoms with Crippen LogP contribution in [0.2, 0.25) is 0 Å². The predicted molar refractivity (Wildman–Crippen MR) is 75.8 cm³/mol. The van der Waals surface area contributed by atoms with E-state index in [4.69, 9.17) is 4.74 Å². The zero-order valence-corrected chi connectivity index (χ0v) is 12.0. The molecule has 0 bridgehead atoms. The molecule has 12 nitrogen and oxygen atoms in total. The molecule has 130 valence electrons. The van der Waals surface area contributed by atoms with E-state index >= 15 is 0 Å². The molecule has 1 aliphatic rings. The molecule has 1 aromatic carbocycles. The van der Waals surface area contributed by atoms with Gasteiger partial charge in [-0.15, -0.1) is 0 Å². The molecular weight excluding hydrogens is 328 g/mol. The highest BCUT2D eigenvalue weighted by Gasteiger charge is 2.42. The van der Waals surface area contributed by atoms with Gasteiger partial charge in [-0.1, -0.05) is 0 Å². The van der Waals surface area contributed by atoms with Crippen LogP contribution in [0.25, 0.3) is 11.0 Å². The number of aliphatic hydroxyl groups excluding tert-OH is 4. The highest BCUT2D eigenvalue weighted by atomic mass is 16.6. The second-order valence-corrected chi connectivity index (χ2v) is 5.27. The summed E-state index contributed by atoms with van der Waals surface area (Å²) >= 11 is 0. The number of hydrogen-bond donors (Lipinski definition) is 5. The number of rotatable bonds is 4. The molecule has 1 aromatic heterocycles. The lowest BCUT2D eigenvalue weighted by molar-refractivity contribution is -0.383. The van der Waals surface area contributed by atoms with E-state index in [2.05, 4.69) is 20.3 Å². The third kappa shape index (κ3) is 2.76. The molecule has 0 saturated carbocycles. The number of nitrogens with zero attached hydrogens (tertiary/aromatic N) is 3. The fourth-order valence-corrected chi connectivity index (χ4v) is 2.45. The number of anilines is 1. The number of aromatic nitrogens is 2. The molecule has 5 N–H and O–H groups in total. The van der Waals surface area contributed by atoms with E-state index in [-0.39, 0.29) is 23.3 Å². The van der Waals surface area contributed by atoms with Crippen LogP contribution in [0.15, 0.2) is 16.8 Å². The van der Waals surface area contributed by atoms with Crippen molar-refractivity contribution in [1.82, 2.24) is 10.3 Å². The minimum atomic E-state index is -1.65. The Morgan fingerprint density at radius 2 is 1.83 bits per heavy atom. The quantitative estimate of drug-likeness (QED) is 0.316. The average Bonchev–Trinajstić information content (AvgIpc) is 3.04. The minimum Gasteiger partial charge on any atom is -0.388 e. The topological polar surface area (TPSA) is 184 Å². The van der Waals surface area contributed by atoms with Crippen molar-refractivity contribution >= 4 is 22.4 Å². The van der Waals surface area contributed by atoms with Gasteiger partial charge >= 0.3 is 5.69 Å². The molecule has 24 heavy (non-hydrogen) atoms. The van der Waals surface area contributed by atoms with Crippen molar-refractivity contribution in [2.24, 2.45) is 0 Å². The maximum atomic E-state index is 10.9. The van der Waals surface area contributed by atoms with Crippen LogP contribution in [0, 0.1) is 10.1 Å². The van der Waals surface area contributed by atoms with Crippen molar-refractivity contribution in [3.8, 4) is 0 Å². The minimum absolute atomic E-state index is 0.0504. The van der Waals surface area contributed by atoms with Crippen LogP contribution in [-0.2, 0) is 4.74 Å². The number of nitro groups is 1. The third-order valence-corrected chi connectivity index (χ3v) is 3.77. The van der Waals surface area contributed by atoms with Crippen LogP contribution >= 0.6 is 0 Å². The van der Waals surface area contributed by atoms with Gasteiger partial charge in [0, 0.05) is 12.6 Å². The molecule has 0 aliphatic carbocycles. The smallest absolute Gasteiger partial charge is 0.300 e. The van der Waals surface area contributed by atoms with Crippen LogP contribution in [0.1, 0.15) is 0 Å². The molecule has 5 atom stereocenters. The molecule has 0 amide bonds. The number of non-ortho nitro benzene ring substituents is 1. The lowest BCUT2D eigenvalue weighted by Crippen LogP contribution is -2.59. The van der Waals surface area contributed by atoms with Gasteiger partial charge in [0.2, 0.25) is 5.52 Å². The molecule has 12 heteroatoms. The summed E-state index contributed by atoms with van der Waals surface area (Å²) in [4.78, 5) is 10.3. The highest BCUT2D eigenvalue weighted by Crippen LogP contribution is 2.29. The van der Waals surface area contributed by atoms with Crippen molar-refractivity contribution in [1.29, 1.82) is 0 Å². The molecular formula is C12H14N4O8. The van der Waals surface area contributed by atoms with E-state index in [1.165, 1.54) is 12.1 Å². The summed E-state index contributed by atoms with van der Waals surface area (Å²) in [7, 11) is 0. The van der Waals surface area contributed by atoms with Crippen LogP contribution in [0.4, 0.5) is 11.4 Å². The van der Waals surface area contributed by atoms with Gasteiger partial charge < -0.3 is 30.5 Å². The number of nitro benzene ring substituents is 1. The summed E-state index contributed by atoms with van der Waals surface area (Å²) in [6.07, 6.45) is -7.34. The Bertz CT molecular complexity index is 752. The predicted octanol–water partition coefficient (Wildman–Crippen LogP) is -1.66. The van der Waals surface area contributed by atoms with Crippen molar-refractivity contribution in [2.45, 2.75) is 30.7 Å². The Kier molecular flexibility index (Phi) is 4.29. The summed E-state index contributed by atoms with van der Waals surface area (Å²) in [5, 5.41) is 59.2. The van der Waals surface area contributed by atoms with E-state index in [0.29, 0.717) is 5.69 Å². The first kappa shape index (κ1) is 16.5. The lowest BCUT2D eigenvalue weighted by Gasteiger charge is -2.38. The Labute approximate surface area is 133 Å². The maximum Gasteiger partial charge on any atom is 0.300 e. The van der Waals surface area contributed by atoms with Crippen LogP contribution in [0.5, 0.6) is 0 Å². The first-order chi connectivity index (χ1) is 11.4. The number of aliphatic hydroxyl groups is 4. The molecule has 1 fully saturated rings. The number of hydrogen-bond acceptors (Lipinski definition) is 11. The average molecular weight is 342 g/mol. The van der Waals surface area contributed by atoms with E-state index in [1.54, 1.807) is 0 Å². The summed E-state index contributed by atoms with van der Waals surface area (Å²) < 4.78 is 9.54. The molecule has 2 aromatic rings. The van der Waals surface area contributed by atoms with E-state index in [0.717, 1.165) is 0 Å². The molecule has 1 saturated heterocycles. The molecule has 0 unspecified atom stereocenters. The van der Waals surface area contributed by atoms with Gasteiger partial charge in [-0.05, 0) is 16.4 Å². The zero-order valence-electron chi connectivity index (χ0n) is 12.0. The normalized spacial score (nSPS) is 30.4. The number of benzene rings is 1. The number of fused-ring (bicyclic) bond motifs is 1. The summed E-state index contributed by atoms with van der Waals surface area (Å²) in [6, 6.07) is 2.59. The molecule has 2 heterocycles. The van der Waals surface area contributed by atoms with Gasteiger partial charge in [0.05, 0.1) is 10.6 Å². The van der Waals surface area contributed by atoms with Gasteiger partial charge in [0.1, 0.15) is 24.4 Å². The van der Waals surface area contributed by atoms with Crippen molar-refractivity contribution in [3.05, 3.63) is 22.2 Å². The van der Waals surface area contributed by atoms with Crippen LogP contribution < -0.4 is 5.32 Å². The fourth-order valence-electron chi connectivity index (χ4n) is 2.45. The maximum absolute atomic E-state index is 10.9. The molecule has 0 spiro atoms. The fraction of sp³-hybridized carbons (Fsp3) is 0.500. The van der Waals surface area contributed by atoms with Crippen molar-refractivity contribution in [2.75, 3.05) is 11.9 Å². The first-order valence-corrected chi connectivity index (χ1v) is 6.91. The van der Waals surface area contributed by atoms with Crippen LogP contribution in [-0.4, -0.2) is 72.9 Å². The summed E-state index contributed by atoms with van der Waals surface area (Å²) in [5.74, 6) is 0. The number of nitrogens with one attached hydrogen (secondary N) is 1. The highest BCUT2D eigenvalue weighted by molar-refractivity contribution is 5.93. The van der Waals surface area contributed by atoms with Gasteiger partial charge in [-0.25, -0.2) is 4.63 Å². The second-order valence-electron chi connectivity index (χ2n) is 5.27. The molecule has 1 aliphatic heterocycles. The summed E-state index contributed by atoms with van der Waals surface area (Å²) in [5.41, 5.74) is 0.101. The van der Waals surface area contributed by atoms with Crippen molar-refractivity contribution < 1.29 is 34.7 Å². The van der Waals surface area contributed by atoms with Crippen molar-refractivity contribution in [3.63, 3.8) is 0 Å². The number of ether oxygens (including phenoxy) is 1. The second kappa shape index (κ2) is 6.26. The largest absolute Gasteiger partial charge is 0.388 e. The van der Waals surface area contributed by atoms with Gasteiger partial charge in [-0.3, -0.25) is 10.1 Å². The molecule has 0 radical (unpaired) electrons. The van der Waals surface area contributed by atoms with E-state index in [1.807, 2.05) is 0 Å². The lowest BCUT2D eigenvalue weighted by atomic mass is 9.99. The third-order valence-electron chi connectivity index (χ3n) is 3.77. The monoisotopic (exact) mass is 342 g/mol. The Morgan fingerprint density at radius 1 is 1.12 bits per heavy atom. The van der Waals surface area contributed by atoms with E-state index in [9.17, 15) is 30.5 Å². The first-order valence-electron chi connectivity index (χ1n) is 6.91. The van der Waals surface area contributed by atoms with Gasteiger partial charge in [-0.2, -0.15) is 0 Å². The Balaban J connectivity index is 1.78. The Hall–Kier alpha value is -2.38. The van der Waals surface area contributed by atoms with Gasteiger partial charge in [0.15, 0.2) is 11.8 Å². The molecule has 3 rings (SSSR count). The Morgan fingerprint density at radius 3 is 2.54 bits per heavy atom. The van der Waals surface area contributed by atoms with Crippen LogP contribution in [0.3, 0.4) is 0 Å². The SMILES string of the molecule is O=[N+]([O-])c1ccc(NC[C@@H]2O[C@H](O)[C@H](O)[C@H](O)[C@H]2O)c2nonc12. The van der Waals surface area contributed by atoms with Gasteiger partial charge in [0.25, 0.3) is 0 Å². The van der Waals surface area contributed by atoms with E-state index < -0.39 is 35.6 Å².